The number of hydrogen-bond acceptors (Lipinski definition) is 3. The summed E-state index contributed by atoms with van der Waals surface area (Å²) in [5, 5.41) is 19.4. The molecule has 0 saturated carbocycles. The highest BCUT2D eigenvalue weighted by Gasteiger charge is 2.31. The molecule has 0 spiro atoms. The average Bonchev–Trinajstić information content (AvgIpc) is 2.34. The summed E-state index contributed by atoms with van der Waals surface area (Å²) >= 11 is 2.93. The highest BCUT2D eigenvalue weighted by molar-refractivity contribution is 9.10. The van der Waals surface area contributed by atoms with E-state index in [0.717, 1.165) is 12.1 Å². The average molecular weight is 356 g/mol. The third-order valence-corrected chi connectivity index (χ3v) is 2.97. The molecule has 5 nitrogen and oxygen atoms in total. The zero-order valence-electron chi connectivity index (χ0n) is 9.74. The zero-order chi connectivity index (χ0) is 15.5. The Morgan fingerprint density at radius 2 is 1.95 bits per heavy atom. The van der Waals surface area contributed by atoms with Crippen molar-refractivity contribution in [3.63, 3.8) is 0 Å². The maximum absolute atomic E-state index is 12.5. The maximum Gasteiger partial charge on any atom is 0.416 e. The van der Waals surface area contributed by atoms with E-state index in [9.17, 15) is 22.8 Å². The lowest BCUT2D eigenvalue weighted by atomic mass is 10.1. The van der Waals surface area contributed by atoms with Gasteiger partial charge in [-0.2, -0.15) is 13.2 Å². The summed E-state index contributed by atoms with van der Waals surface area (Å²) in [6, 6.07) is 2.49. The predicted molar refractivity (Wildman–Crippen MR) is 65.1 cm³/mol. The molecule has 0 fully saturated rings. The summed E-state index contributed by atoms with van der Waals surface area (Å²) in [6.45, 7) is -0.614. The van der Waals surface area contributed by atoms with Gasteiger partial charge in [-0.3, -0.25) is 4.79 Å². The minimum absolute atomic E-state index is 0.118. The Morgan fingerprint density at radius 1 is 1.35 bits per heavy atom. The van der Waals surface area contributed by atoms with E-state index in [1.54, 1.807) is 0 Å². The smallest absolute Gasteiger partial charge is 0.416 e. The molecular weight excluding hydrogens is 347 g/mol. The number of aliphatic carboxylic acids is 1. The van der Waals surface area contributed by atoms with Gasteiger partial charge in [-0.1, -0.05) is 0 Å². The number of rotatable bonds is 4. The van der Waals surface area contributed by atoms with Gasteiger partial charge < -0.3 is 15.5 Å². The Bertz CT molecular complexity index is 533. The van der Waals surface area contributed by atoms with Crippen LogP contribution in [0.4, 0.5) is 13.2 Å². The number of halogens is 4. The van der Waals surface area contributed by atoms with Crippen LogP contribution in [0.1, 0.15) is 15.9 Å². The summed E-state index contributed by atoms with van der Waals surface area (Å²) in [5.41, 5.74) is -1.32. The Labute approximate surface area is 119 Å². The molecule has 0 radical (unpaired) electrons. The molecule has 9 heteroatoms. The lowest BCUT2D eigenvalue weighted by Crippen LogP contribution is -2.36. The van der Waals surface area contributed by atoms with E-state index in [2.05, 4.69) is 15.9 Å². The fourth-order valence-electron chi connectivity index (χ4n) is 1.25. The van der Waals surface area contributed by atoms with Gasteiger partial charge in [0.15, 0.2) is 6.10 Å². The number of amides is 1. The van der Waals surface area contributed by atoms with E-state index in [-0.39, 0.29) is 10.0 Å². The second kappa shape index (κ2) is 6.23. The van der Waals surface area contributed by atoms with E-state index >= 15 is 0 Å². The van der Waals surface area contributed by atoms with Gasteiger partial charge in [0.1, 0.15) is 0 Å². The lowest BCUT2D eigenvalue weighted by molar-refractivity contribution is -0.146. The van der Waals surface area contributed by atoms with Crippen molar-refractivity contribution in [1.29, 1.82) is 0 Å². The van der Waals surface area contributed by atoms with Crippen molar-refractivity contribution in [2.45, 2.75) is 12.3 Å². The Hall–Kier alpha value is -1.61. The first-order valence-electron chi connectivity index (χ1n) is 5.18. The minimum atomic E-state index is -4.60. The van der Waals surface area contributed by atoms with E-state index in [4.69, 9.17) is 10.2 Å². The molecule has 0 bridgehead atoms. The predicted octanol–water partition coefficient (Wildman–Crippen LogP) is 1.64. The Kier molecular flexibility index (Phi) is 5.12. The van der Waals surface area contributed by atoms with Gasteiger partial charge in [0.2, 0.25) is 0 Å². The van der Waals surface area contributed by atoms with E-state index in [1.165, 1.54) is 0 Å². The van der Waals surface area contributed by atoms with Crippen LogP contribution in [0.5, 0.6) is 0 Å². The van der Waals surface area contributed by atoms with Crippen LogP contribution in [0.3, 0.4) is 0 Å². The number of carboxylic acid groups (broad SMARTS) is 1. The molecule has 0 aliphatic carbocycles. The number of carbonyl (C=O) groups excluding carboxylic acids is 1. The minimum Gasteiger partial charge on any atom is -0.479 e. The van der Waals surface area contributed by atoms with Gasteiger partial charge in [-0.05, 0) is 34.1 Å². The molecule has 3 N–H and O–H groups in total. The first-order chi connectivity index (χ1) is 9.12. The molecule has 1 aromatic carbocycles. The van der Waals surface area contributed by atoms with Gasteiger partial charge >= 0.3 is 12.1 Å². The van der Waals surface area contributed by atoms with E-state index < -0.39 is 36.3 Å². The van der Waals surface area contributed by atoms with Crippen molar-refractivity contribution in [3.8, 4) is 0 Å². The second-order valence-corrected chi connectivity index (χ2v) is 4.61. The largest absolute Gasteiger partial charge is 0.479 e. The number of carbonyl (C=O) groups is 2. The molecule has 1 unspecified atom stereocenters. The molecule has 0 aliphatic heterocycles. The topological polar surface area (TPSA) is 86.6 Å². The fourth-order valence-corrected chi connectivity index (χ4v) is 1.67. The van der Waals surface area contributed by atoms with Crippen molar-refractivity contribution in [2.24, 2.45) is 0 Å². The SMILES string of the molecule is O=C(NCC(O)C(=O)O)c1cc(C(F)(F)F)ccc1Br. The number of hydrogen-bond donors (Lipinski definition) is 3. The van der Waals surface area contributed by atoms with Crippen molar-refractivity contribution >= 4 is 27.8 Å². The third kappa shape index (κ3) is 4.20. The second-order valence-electron chi connectivity index (χ2n) is 3.76. The van der Waals surface area contributed by atoms with Crippen molar-refractivity contribution in [2.75, 3.05) is 6.54 Å². The van der Waals surface area contributed by atoms with Crippen LogP contribution in [0, 0.1) is 0 Å². The first kappa shape index (κ1) is 16.4. The molecule has 20 heavy (non-hydrogen) atoms. The lowest BCUT2D eigenvalue weighted by Gasteiger charge is -2.12. The normalized spacial score (nSPS) is 12.8. The van der Waals surface area contributed by atoms with Crippen LogP contribution >= 0.6 is 15.9 Å². The first-order valence-corrected chi connectivity index (χ1v) is 5.98. The van der Waals surface area contributed by atoms with Crippen molar-refractivity contribution in [1.82, 2.24) is 5.32 Å². The van der Waals surface area contributed by atoms with Crippen LogP contribution in [0.2, 0.25) is 0 Å². The molecule has 110 valence electrons. The number of alkyl halides is 3. The van der Waals surface area contributed by atoms with Crippen LogP contribution in [0.15, 0.2) is 22.7 Å². The molecule has 1 rings (SSSR count). The molecule has 0 aromatic heterocycles. The highest BCUT2D eigenvalue weighted by atomic mass is 79.9. The van der Waals surface area contributed by atoms with Crippen LogP contribution < -0.4 is 5.32 Å². The molecule has 0 aliphatic rings. The number of nitrogens with one attached hydrogen (secondary N) is 1. The van der Waals surface area contributed by atoms with Crippen LogP contribution in [-0.2, 0) is 11.0 Å². The van der Waals surface area contributed by atoms with Gasteiger partial charge in [0.05, 0.1) is 17.7 Å². The summed E-state index contributed by atoms with van der Waals surface area (Å²) in [4.78, 5) is 22.0. The monoisotopic (exact) mass is 355 g/mol. The quantitative estimate of drug-likeness (QED) is 0.766. The number of aliphatic hydroxyl groups is 1. The summed E-state index contributed by atoms with van der Waals surface area (Å²) in [5.74, 6) is -2.48. The fraction of sp³-hybridized carbons (Fsp3) is 0.273. The molecular formula is C11H9BrF3NO4. The summed E-state index contributed by atoms with van der Waals surface area (Å²) in [6.07, 6.45) is -6.43. The van der Waals surface area contributed by atoms with Gasteiger partial charge in [-0.15, -0.1) is 0 Å². The Morgan fingerprint density at radius 3 is 2.45 bits per heavy atom. The van der Waals surface area contributed by atoms with E-state index in [0.29, 0.717) is 6.07 Å². The molecule has 1 amide bonds. The molecule has 1 atom stereocenters. The molecule has 0 saturated heterocycles. The maximum atomic E-state index is 12.5. The summed E-state index contributed by atoms with van der Waals surface area (Å²) in [7, 11) is 0. The number of benzene rings is 1. The van der Waals surface area contributed by atoms with Crippen LogP contribution in [-0.4, -0.2) is 34.7 Å². The van der Waals surface area contributed by atoms with Crippen molar-refractivity contribution < 1.29 is 33.0 Å². The van der Waals surface area contributed by atoms with Gasteiger partial charge in [0, 0.05) is 4.47 Å². The number of carboxylic acids is 1. The zero-order valence-corrected chi connectivity index (χ0v) is 11.3. The van der Waals surface area contributed by atoms with Gasteiger partial charge in [0.25, 0.3) is 5.91 Å². The van der Waals surface area contributed by atoms with Gasteiger partial charge in [-0.25, -0.2) is 4.79 Å². The standard InChI is InChI=1S/C11H9BrF3NO4/c12-7-2-1-5(11(13,14)15)3-6(7)9(18)16-4-8(17)10(19)20/h1-3,8,17H,4H2,(H,16,18)(H,19,20). The number of aliphatic hydroxyl groups excluding tert-OH is 1. The van der Waals surface area contributed by atoms with Crippen LogP contribution in [0.25, 0.3) is 0 Å². The molecule has 0 heterocycles. The molecule has 1 aromatic rings. The highest BCUT2D eigenvalue weighted by Crippen LogP contribution is 2.31. The van der Waals surface area contributed by atoms with E-state index in [1.807, 2.05) is 5.32 Å². The summed E-state index contributed by atoms with van der Waals surface area (Å²) < 4.78 is 37.7. The Balaban J connectivity index is 2.90. The third-order valence-electron chi connectivity index (χ3n) is 2.28. The van der Waals surface area contributed by atoms with Crippen molar-refractivity contribution in [3.05, 3.63) is 33.8 Å².